The molecule has 138 valence electrons. The van der Waals surface area contributed by atoms with Crippen LogP contribution in [0.4, 0.5) is 5.69 Å². The molecule has 27 heavy (non-hydrogen) atoms. The van der Waals surface area contributed by atoms with Crippen LogP contribution < -0.4 is 9.64 Å². The third-order valence-electron chi connectivity index (χ3n) is 4.64. The molecule has 1 aliphatic heterocycles. The molecule has 0 bridgehead atoms. The second kappa shape index (κ2) is 7.17. The van der Waals surface area contributed by atoms with E-state index in [4.69, 9.17) is 14.3 Å². The van der Waals surface area contributed by atoms with Crippen LogP contribution in [0, 0.1) is 0 Å². The molecule has 4 rings (SSSR count). The molecule has 0 radical (unpaired) electrons. The number of carboxylic acids is 1. The van der Waals surface area contributed by atoms with Crippen LogP contribution in [0.15, 0.2) is 65.3 Å². The molecule has 1 fully saturated rings. The van der Waals surface area contributed by atoms with E-state index in [9.17, 15) is 9.90 Å². The number of aliphatic hydroxyl groups excluding tert-OH is 1. The van der Waals surface area contributed by atoms with Crippen molar-refractivity contribution in [2.24, 2.45) is 0 Å². The van der Waals surface area contributed by atoms with Crippen LogP contribution >= 0.6 is 0 Å². The zero-order valence-corrected chi connectivity index (χ0v) is 14.5. The van der Waals surface area contributed by atoms with Crippen LogP contribution in [-0.4, -0.2) is 35.4 Å². The Hall–Kier alpha value is -3.25. The van der Waals surface area contributed by atoms with Gasteiger partial charge in [0, 0.05) is 5.69 Å². The van der Waals surface area contributed by atoms with Gasteiger partial charge in [-0.3, -0.25) is 0 Å². The summed E-state index contributed by atoms with van der Waals surface area (Å²) in [6.07, 6.45) is 1.55. The predicted molar refractivity (Wildman–Crippen MR) is 100 cm³/mol. The topological polar surface area (TPSA) is 83.1 Å². The Morgan fingerprint density at radius 1 is 1.11 bits per heavy atom. The lowest BCUT2D eigenvalue weighted by Gasteiger charge is -2.41. The third-order valence-corrected chi connectivity index (χ3v) is 4.64. The molecule has 0 spiro atoms. The first-order chi connectivity index (χ1) is 13.2. The molecule has 6 nitrogen and oxygen atoms in total. The summed E-state index contributed by atoms with van der Waals surface area (Å²) >= 11 is 0. The number of ether oxygens (including phenoxy) is 1. The van der Waals surface area contributed by atoms with Gasteiger partial charge in [0.2, 0.25) is 0 Å². The molecule has 2 N–H and O–H groups in total. The van der Waals surface area contributed by atoms with Gasteiger partial charge in [-0.25, -0.2) is 4.79 Å². The Morgan fingerprint density at radius 2 is 1.89 bits per heavy atom. The number of aromatic carboxylic acids is 1. The average molecular weight is 365 g/mol. The lowest BCUT2D eigenvalue weighted by atomic mass is 9.99. The van der Waals surface area contributed by atoms with Crippen molar-refractivity contribution in [2.75, 3.05) is 18.0 Å². The van der Waals surface area contributed by atoms with E-state index < -0.39 is 5.97 Å². The number of carboxylic acid groups (broad SMARTS) is 1. The van der Waals surface area contributed by atoms with Crippen LogP contribution in [0.2, 0.25) is 0 Å². The molecule has 0 amide bonds. The summed E-state index contributed by atoms with van der Waals surface area (Å²) in [6.45, 7) is 1.31. The van der Waals surface area contributed by atoms with Gasteiger partial charge in [0.1, 0.15) is 17.6 Å². The van der Waals surface area contributed by atoms with Gasteiger partial charge in [-0.1, -0.05) is 18.2 Å². The summed E-state index contributed by atoms with van der Waals surface area (Å²) in [6, 6.07) is 16.1. The summed E-state index contributed by atoms with van der Waals surface area (Å²) in [7, 11) is 0. The van der Waals surface area contributed by atoms with E-state index in [0.29, 0.717) is 24.4 Å². The Bertz CT molecular complexity index is 928. The highest BCUT2D eigenvalue weighted by Gasteiger charge is 2.32. The maximum atomic E-state index is 11.7. The summed E-state index contributed by atoms with van der Waals surface area (Å²) in [5.74, 6) is 0.301. The molecule has 0 atom stereocenters. The number of nitrogens with zero attached hydrogens (tertiary/aromatic N) is 1. The van der Waals surface area contributed by atoms with Crippen LogP contribution in [0.25, 0.3) is 11.3 Å². The molecule has 0 saturated carbocycles. The Morgan fingerprint density at radius 3 is 2.52 bits per heavy atom. The zero-order chi connectivity index (χ0) is 18.8. The molecule has 6 heteroatoms. The minimum atomic E-state index is -0.986. The molecule has 0 unspecified atom stereocenters. The molecule has 2 heterocycles. The number of rotatable bonds is 6. The fourth-order valence-electron chi connectivity index (χ4n) is 3.24. The number of furan rings is 1. The van der Waals surface area contributed by atoms with E-state index in [0.717, 1.165) is 17.0 Å². The molecular formula is C21H19NO5. The lowest BCUT2D eigenvalue weighted by molar-refractivity contribution is 0.0697. The number of carbonyl (C=O) groups is 1. The number of aliphatic hydroxyl groups is 1. The highest BCUT2D eigenvalue weighted by atomic mass is 16.5. The van der Waals surface area contributed by atoms with Gasteiger partial charge in [-0.15, -0.1) is 0 Å². The minimum Gasteiger partial charge on any atom is -0.487 e. The maximum Gasteiger partial charge on any atom is 0.336 e. The first-order valence-electron chi connectivity index (χ1n) is 8.67. The summed E-state index contributed by atoms with van der Waals surface area (Å²) in [5.41, 5.74) is 2.46. The molecule has 0 aliphatic carbocycles. The van der Waals surface area contributed by atoms with Crippen molar-refractivity contribution in [2.45, 2.75) is 12.7 Å². The second-order valence-corrected chi connectivity index (χ2v) is 6.43. The first-order valence-corrected chi connectivity index (χ1v) is 8.67. The van der Waals surface area contributed by atoms with Gasteiger partial charge in [0.05, 0.1) is 37.1 Å². The van der Waals surface area contributed by atoms with E-state index in [-0.39, 0.29) is 18.3 Å². The lowest BCUT2D eigenvalue weighted by Crippen LogP contribution is -2.54. The van der Waals surface area contributed by atoms with Gasteiger partial charge in [0.15, 0.2) is 0 Å². The quantitative estimate of drug-likeness (QED) is 0.697. The molecule has 3 aromatic rings. The van der Waals surface area contributed by atoms with Crippen molar-refractivity contribution in [3.63, 3.8) is 0 Å². The van der Waals surface area contributed by atoms with Gasteiger partial charge in [0.25, 0.3) is 0 Å². The van der Waals surface area contributed by atoms with Crippen molar-refractivity contribution in [1.82, 2.24) is 0 Å². The van der Waals surface area contributed by atoms with Crippen LogP contribution in [0.5, 0.6) is 5.75 Å². The summed E-state index contributed by atoms with van der Waals surface area (Å²) in [5, 5.41) is 18.6. The molecule has 1 aromatic heterocycles. The second-order valence-electron chi connectivity index (χ2n) is 6.43. The number of hydrogen-bond donors (Lipinski definition) is 2. The van der Waals surface area contributed by atoms with Crippen molar-refractivity contribution in [3.05, 3.63) is 72.0 Å². The molecular weight excluding hydrogens is 346 g/mol. The normalized spacial score (nSPS) is 14.0. The first kappa shape index (κ1) is 17.2. The average Bonchev–Trinajstić information content (AvgIpc) is 3.18. The van der Waals surface area contributed by atoms with Crippen LogP contribution in [-0.2, 0) is 6.61 Å². The summed E-state index contributed by atoms with van der Waals surface area (Å²) < 4.78 is 11.4. The van der Waals surface area contributed by atoms with E-state index in [2.05, 4.69) is 4.90 Å². The van der Waals surface area contributed by atoms with Gasteiger partial charge < -0.3 is 24.3 Å². The number of hydrogen-bond acceptors (Lipinski definition) is 5. The zero-order valence-electron chi connectivity index (χ0n) is 14.5. The van der Waals surface area contributed by atoms with Gasteiger partial charge in [-0.2, -0.15) is 0 Å². The van der Waals surface area contributed by atoms with Crippen molar-refractivity contribution in [1.29, 1.82) is 0 Å². The Kier molecular flexibility index (Phi) is 4.56. The van der Waals surface area contributed by atoms with Crippen molar-refractivity contribution in [3.8, 4) is 17.1 Å². The number of anilines is 1. The molecule has 1 aliphatic rings. The van der Waals surface area contributed by atoms with E-state index in [1.165, 1.54) is 6.26 Å². The van der Waals surface area contributed by atoms with Crippen LogP contribution in [0.3, 0.4) is 0 Å². The number of benzene rings is 2. The Labute approximate surface area is 156 Å². The highest BCUT2D eigenvalue weighted by molar-refractivity contribution is 5.99. The summed E-state index contributed by atoms with van der Waals surface area (Å²) in [4.78, 5) is 13.7. The minimum absolute atomic E-state index is 0.00691. The highest BCUT2D eigenvalue weighted by Crippen LogP contribution is 2.37. The molecule has 2 aromatic carbocycles. The van der Waals surface area contributed by atoms with Crippen molar-refractivity contribution < 1.29 is 24.2 Å². The largest absolute Gasteiger partial charge is 0.487 e. The predicted octanol–water partition coefficient (Wildman–Crippen LogP) is 3.40. The van der Waals surface area contributed by atoms with Gasteiger partial charge in [-0.05, 0) is 42.0 Å². The van der Waals surface area contributed by atoms with Gasteiger partial charge >= 0.3 is 5.97 Å². The monoisotopic (exact) mass is 365 g/mol. The van der Waals surface area contributed by atoms with Crippen LogP contribution in [0.1, 0.15) is 15.9 Å². The fraction of sp³-hybridized carbons (Fsp3) is 0.190. The van der Waals surface area contributed by atoms with E-state index in [1.807, 2.05) is 30.3 Å². The van der Waals surface area contributed by atoms with E-state index in [1.54, 1.807) is 24.3 Å². The maximum absolute atomic E-state index is 11.7. The standard InChI is InChI=1S/C21H19NO5/c23-13-14-6-8-15(9-7-14)27-16-11-22(12-16)18-4-1-3-17(21(24)25)20(18)19-5-2-10-26-19/h1-10,16,23H,11-13H2,(H,24,25). The van der Waals surface area contributed by atoms with Crippen molar-refractivity contribution >= 4 is 11.7 Å². The fourth-order valence-corrected chi connectivity index (χ4v) is 3.24. The van der Waals surface area contributed by atoms with E-state index >= 15 is 0 Å². The molecule has 1 saturated heterocycles. The SMILES string of the molecule is O=C(O)c1cccc(N2CC(Oc3ccc(CO)cc3)C2)c1-c1ccco1. The Balaban J connectivity index is 1.52. The smallest absolute Gasteiger partial charge is 0.336 e. The third kappa shape index (κ3) is 3.39.